The van der Waals surface area contributed by atoms with Crippen LogP contribution in [0.3, 0.4) is 0 Å². The number of esters is 1. The van der Waals surface area contributed by atoms with E-state index in [2.05, 4.69) is 0 Å². The topological polar surface area (TPSA) is 43.4 Å². The van der Waals surface area contributed by atoms with E-state index in [-0.39, 0.29) is 5.41 Å². The molecule has 0 unspecified atom stereocenters. The predicted molar refractivity (Wildman–Crippen MR) is 45.6 cm³/mol. The van der Waals surface area contributed by atoms with Gasteiger partial charge in [0, 0.05) is 0 Å². The minimum atomic E-state index is -0.655. The van der Waals surface area contributed by atoms with E-state index in [0.717, 1.165) is 0 Å². The molecule has 0 aliphatic heterocycles. The summed E-state index contributed by atoms with van der Waals surface area (Å²) in [6.45, 7) is 7.55. The zero-order valence-electron chi connectivity index (χ0n) is 8.09. The van der Waals surface area contributed by atoms with E-state index < -0.39 is 11.9 Å². The fourth-order valence-electron chi connectivity index (χ4n) is 0.845. The van der Waals surface area contributed by atoms with Crippen molar-refractivity contribution >= 4 is 12.3 Å². The molecule has 0 radical (unpaired) electrons. The summed E-state index contributed by atoms with van der Waals surface area (Å²) in [7, 11) is 0. The molecule has 0 spiro atoms. The van der Waals surface area contributed by atoms with Crippen LogP contribution in [0.4, 0.5) is 0 Å². The van der Waals surface area contributed by atoms with Crippen LogP contribution >= 0.6 is 0 Å². The lowest BCUT2D eigenvalue weighted by molar-refractivity contribution is -0.153. The molecule has 3 nitrogen and oxygen atoms in total. The van der Waals surface area contributed by atoms with Gasteiger partial charge in [-0.2, -0.15) is 0 Å². The molecule has 0 aliphatic carbocycles. The summed E-state index contributed by atoms with van der Waals surface area (Å²) in [6.07, 6.45) is 0.651. The summed E-state index contributed by atoms with van der Waals surface area (Å²) >= 11 is 0. The second kappa shape index (κ2) is 4.24. The molecule has 70 valence electrons. The van der Waals surface area contributed by atoms with Gasteiger partial charge in [-0.25, -0.2) is 0 Å². The third-order valence-electron chi connectivity index (χ3n) is 1.61. The average Bonchev–Trinajstić information content (AvgIpc) is 1.85. The van der Waals surface area contributed by atoms with Gasteiger partial charge in [-0.1, -0.05) is 20.8 Å². The maximum absolute atomic E-state index is 11.2. The van der Waals surface area contributed by atoms with Gasteiger partial charge >= 0.3 is 5.97 Å². The first-order valence-electron chi connectivity index (χ1n) is 4.05. The Kier molecular flexibility index (Phi) is 3.93. The largest absolute Gasteiger partial charge is 0.465 e. The van der Waals surface area contributed by atoms with Crippen LogP contribution in [-0.2, 0) is 14.3 Å². The summed E-state index contributed by atoms with van der Waals surface area (Å²) in [6, 6.07) is 0. The first-order valence-corrected chi connectivity index (χ1v) is 4.05. The number of aldehydes is 1. The average molecular weight is 172 g/mol. The van der Waals surface area contributed by atoms with E-state index in [9.17, 15) is 9.59 Å². The smallest absolute Gasteiger partial charge is 0.316 e. The fourth-order valence-corrected chi connectivity index (χ4v) is 0.845. The Morgan fingerprint density at radius 1 is 1.50 bits per heavy atom. The van der Waals surface area contributed by atoms with Crippen molar-refractivity contribution in [2.24, 2.45) is 11.3 Å². The van der Waals surface area contributed by atoms with Crippen molar-refractivity contribution in [3.05, 3.63) is 0 Å². The first kappa shape index (κ1) is 11.1. The summed E-state index contributed by atoms with van der Waals surface area (Å²) in [5.74, 6) is -1.09. The lowest BCUT2D eigenvalue weighted by Crippen LogP contribution is -2.31. The van der Waals surface area contributed by atoms with Crippen molar-refractivity contribution in [1.82, 2.24) is 0 Å². The van der Waals surface area contributed by atoms with Crippen LogP contribution in [0.1, 0.15) is 27.7 Å². The molecule has 12 heavy (non-hydrogen) atoms. The summed E-state index contributed by atoms with van der Waals surface area (Å²) in [5, 5.41) is 0. The van der Waals surface area contributed by atoms with Crippen molar-refractivity contribution in [2.75, 3.05) is 6.61 Å². The molecule has 0 saturated heterocycles. The van der Waals surface area contributed by atoms with Crippen molar-refractivity contribution in [1.29, 1.82) is 0 Å². The SMILES string of the molecule is CCOC(=O)[C@H](C=O)C(C)(C)C. The third-order valence-corrected chi connectivity index (χ3v) is 1.61. The number of ether oxygens (including phenoxy) is 1. The van der Waals surface area contributed by atoms with Crippen LogP contribution in [0, 0.1) is 11.3 Å². The third kappa shape index (κ3) is 3.03. The molecule has 3 heteroatoms. The summed E-state index contributed by atoms with van der Waals surface area (Å²) in [4.78, 5) is 21.7. The van der Waals surface area contributed by atoms with E-state index >= 15 is 0 Å². The Hall–Kier alpha value is -0.860. The number of carbonyl (C=O) groups excluding carboxylic acids is 2. The van der Waals surface area contributed by atoms with Gasteiger partial charge < -0.3 is 9.53 Å². The van der Waals surface area contributed by atoms with Crippen molar-refractivity contribution in [3.63, 3.8) is 0 Å². The highest BCUT2D eigenvalue weighted by atomic mass is 16.5. The number of hydrogen-bond donors (Lipinski definition) is 0. The molecule has 0 amide bonds. The van der Waals surface area contributed by atoms with Gasteiger partial charge in [0.05, 0.1) is 6.61 Å². The van der Waals surface area contributed by atoms with E-state index in [4.69, 9.17) is 4.74 Å². The zero-order chi connectivity index (χ0) is 9.78. The monoisotopic (exact) mass is 172 g/mol. The lowest BCUT2D eigenvalue weighted by atomic mass is 9.82. The molecule has 0 saturated carbocycles. The van der Waals surface area contributed by atoms with Crippen molar-refractivity contribution < 1.29 is 14.3 Å². The molecule has 0 aromatic carbocycles. The molecule has 1 atom stereocenters. The van der Waals surface area contributed by atoms with E-state index in [1.165, 1.54) is 0 Å². The van der Waals surface area contributed by atoms with Crippen molar-refractivity contribution in [3.8, 4) is 0 Å². The van der Waals surface area contributed by atoms with E-state index in [1.54, 1.807) is 6.92 Å². The standard InChI is InChI=1S/C9H16O3/c1-5-12-8(11)7(6-10)9(2,3)4/h6-7H,5H2,1-4H3/t7-/m0/s1. The minimum Gasteiger partial charge on any atom is -0.465 e. The molecular formula is C9H16O3. The molecule has 0 N–H and O–H groups in total. The second-order valence-corrected chi connectivity index (χ2v) is 3.73. The molecule has 0 aromatic rings. The van der Waals surface area contributed by atoms with Crippen LogP contribution in [0.5, 0.6) is 0 Å². The van der Waals surface area contributed by atoms with Crippen LogP contribution in [0.25, 0.3) is 0 Å². The number of rotatable bonds is 3. The Morgan fingerprint density at radius 3 is 2.25 bits per heavy atom. The predicted octanol–water partition coefficient (Wildman–Crippen LogP) is 1.41. The van der Waals surface area contributed by atoms with Gasteiger partial charge in [0.15, 0.2) is 0 Å². The van der Waals surface area contributed by atoms with Gasteiger partial charge in [0.2, 0.25) is 0 Å². The molecule has 0 aromatic heterocycles. The fraction of sp³-hybridized carbons (Fsp3) is 0.778. The van der Waals surface area contributed by atoms with E-state index in [0.29, 0.717) is 12.9 Å². The highest BCUT2D eigenvalue weighted by molar-refractivity contribution is 5.88. The maximum atomic E-state index is 11.2. The molecule has 0 heterocycles. The van der Waals surface area contributed by atoms with Crippen LogP contribution in [0.15, 0.2) is 0 Å². The molecule has 0 rings (SSSR count). The number of carbonyl (C=O) groups is 2. The quantitative estimate of drug-likeness (QED) is 0.367. The Bertz CT molecular complexity index is 167. The Morgan fingerprint density at radius 2 is 2.00 bits per heavy atom. The zero-order valence-corrected chi connectivity index (χ0v) is 8.09. The van der Waals surface area contributed by atoms with Crippen molar-refractivity contribution in [2.45, 2.75) is 27.7 Å². The van der Waals surface area contributed by atoms with E-state index in [1.807, 2.05) is 20.8 Å². The molecule has 0 aliphatic rings. The Labute approximate surface area is 73.1 Å². The maximum Gasteiger partial charge on any atom is 0.316 e. The second-order valence-electron chi connectivity index (χ2n) is 3.73. The minimum absolute atomic E-state index is 0.319. The van der Waals surface area contributed by atoms with Gasteiger partial charge in [0.25, 0.3) is 0 Å². The molecule has 0 fully saturated rings. The molecule has 0 bridgehead atoms. The van der Waals surface area contributed by atoms with Gasteiger partial charge in [-0.15, -0.1) is 0 Å². The highest BCUT2D eigenvalue weighted by Gasteiger charge is 2.31. The Balaban J connectivity index is 4.35. The summed E-state index contributed by atoms with van der Waals surface area (Å²) < 4.78 is 4.75. The first-order chi connectivity index (χ1) is 5.43. The van der Waals surface area contributed by atoms with Crippen LogP contribution < -0.4 is 0 Å². The molecular weight excluding hydrogens is 156 g/mol. The normalized spacial score (nSPS) is 13.7. The highest BCUT2D eigenvalue weighted by Crippen LogP contribution is 2.24. The van der Waals surface area contributed by atoms with Crippen LogP contribution in [0.2, 0.25) is 0 Å². The van der Waals surface area contributed by atoms with Gasteiger partial charge in [-0.05, 0) is 12.3 Å². The van der Waals surface area contributed by atoms with Gasteiger partial charge in [-0.3, -0.25) is 4.79 Å². The number of hydrogen-bond acceptors (Lipinski definition) is 3. The van der Waals surface area contributed by atoms with Gasteiger partial charge in [0.1, 0.15) is 12.2 Å². The lowest BCUT2D eigenvalue weighted by Gasteiger charge is -2.23. The van der Waals surface area contributed by atoms with Crippen LogP contribution in [-0.4, -0.2) is 18.9 Å². The summed E-state index contributed by atoms with van der Waals surface area (Å²) in [5.41, 5.74) is -0.353.